The average Bonchev–Trinajstić information content (AvgIpc) is 3.37. The topological polar surface area (TPSA) is 74.8 Å². The first-order chi connectivity index (χ1) is 12.2. The normalized spacial score (nSPS) is 18.9. The van der Waals surface area contributed by atoms with Crippen LogP contribution in [-0.2, 0) is 9.53 Å². The second-order valence-corrected chi connectivity index (χ2v) is 7.34. The van der Waals surface area contributed by atoms with Crippen LogP contribution in [0, 0.1) is 11.3 Å². The molecule has 0 radical (unpaired) electrons. The number of rotatable bonds is 11. The summed E-state index contributed by atoms with van der Waals surface area (Å²) in [6.07, 6.45) is 8.31. The summed E-state index contributed by atoms with van der Waals surface area (Å²) < 4.78 is 5.58. The molecule has 0 aromatic carbocycles. The maximum atomic E-state index is 11.6. The Morgan fingerprint density at radius 1 is 1.12 bits per heavy atom. The molecule has 0 heterocycles. The SMILES string of the molecule is CCNC(=NCC1(CCOCC)CCCC1)NCCNC(=O)C1CC1.I. The van der Waals surface area contributed by atoms with Gasteiger partial charge in [-0.25, -0.2) is 0 Å². The minimum Gasteiger partial charge on any atom is -0.382 e. The zero-order chi connectivity index (χ0) is 18.0. The number of halogens is 1. The van der Waals surface area contributed by atoms with Crippen LogP contribution in [0.2, 0.25) is 0 Å². The van der Waals surface area contributed by atoms with Gasteiger partial charge >= 0.3 is 0 Å². The zero-order valence-electron chi connectivity index (χ0n) is 16.4. The van der Waals surface area contributed by atoms with Crippen molar-refractivity contribution in [2.75, 3.05) is 39.4 Å². The lowest BCUT2D eigenvalue weighted by atomic mass is 9.83. The van der Waals surface area contributed by atoms with E-state index in [1.165, 1.54) is 25.7 Å². The summed E-state index contributed by atoms with van der Waals surface area (Å²) in [6, 6.07) is 0. The molecule has 2 fully saturated rings. The third-order valence-electron chi connectivity index (χ3n) is 5.23. The third kappa shape index (κ3) is 8.41. The fraction of sp³-hybridized carbons (Fsp3) is 0.895. The first kappa shape index (κ1) is 23.5. The number of nitrogens with zero attached hydrogens (tertiary/aromatic N) is 1. The molecule has 2 aliphatic rings. The smallest absolute Gasteiger partial charge is 0.223 e. The van der Waals surface area contributed by atoms with E-state index in [1.54, 1.807) is 0 Å². The van der Waals surface area contributed by atoms with Gasteiger partial charge in [-0.2, -0.15) is 0 Å². The number of carbonyl (C=O) groups excluding carboxylic acids is 1. The van der Waals surface area contributed by atoms with E-state index in [-0.39, 0.29) is 35.8 Å². The highest BCUT2D eigenvalue weighted by Crippen LogP contribution is 2.41. The number of carbonyl (C=O) groups is 1. The first-order valence-electron chi connectivity index (χ1n) is 10.1. The average molecular weight is 480 g/mol. The highest BCUT2D eigenvalue weighted by atomic mass is 127. The Morgan fingerprint density at radius 3 is 2.42 bits per heavy atom. The monoisotopic (exact) mass is 480 g/mol. The van der Waals surface area contributed by atoms with Crippen LogP contribution in [0.15, 0.2) is 4.99 Å². The molecule has 6 nitrogen and oxygen atoms in total. The Hall–Kier alpha value is -0.570. The summed E-state index contributed by atoms with van der Waals surface area (Å²) in [4.78, 5) is 16.5. The molecule has 2 rings (SSSR count). The van der Waals surface area contributed by atoms with Crippen LogP contribution in [0.25, 0.3) is 0 Å². The van der Waals surface area contributed by atoms with Gasteiger partial charge in [0.05, 0.1) is 0 Å². The summed E-state index contributed by atoms with van der Waals surface area (Å²) in [5.41, 5.74) is 0.303. The molecule has 26 heavy (non-hydrogen) atoms. The summed E-state index contributed by atoms with van der Waals surface area (Å²) in [5.74, 6) is 1.32. The van der Waals surface area contributed by atoms with Crippen molar-refractivity contribution in [2.24, 2.45) is 16.3 Å². The molecule has 0 aromatic rings. The standard InChI is InChI=1S/C19H36N4O2.HI/c1-3-20-18(22-13-12-21-17(24)16-7-8-16)23-15-19(9-5-6-10-19)11-14-25-4-2;/h16H,3-15H2,1-2H3,(H,21,24)(H2,20,22,23);1H. The van der Waals surface area contributed by atoms with E-state index in [0.717, 1.165) is 51.5 Å². The first-order valence-corrected chi connectivity index (χ1v) is 10.1. The molecule has 7 heteroatoms. The predicted molar refractivity (Wildman–Crippen MR) is 117 cm³/mol. The number of nitrogens with one attached hydrogen (secondary N) is 3. The van der Waals surface area contributed by atoms with E-state index < -0.39 is 0 Å². The number of guanidine groups is 1. The quantitative estimate of drug-likeness (QED) is 0.184. The van der Waals surface area contributed by atoms with Crippen molar-refractivity contribution in [2.45, 2.75) is 58.8 Å². The molecule has 152 valence electrons. The highest BCUT2D eigenvalue weighted by Gasteiger charge is 2.33. The molecule has 1 amide bonds. The van der Waals surface area contributed by atoms with Gasteiger partial charge in [-0.15, -0.1) is 24.0 Å². The molecule has 0 spiro atoms. The van der Waals surface area contributed by atoms with Gasteiger partial charge in [0.2, 0.25) is 5.91 Å². The largest absolute Gasteiger partial charge is 0.382 e. The van der Waals surface area contributed by atoms with E-state index >= 15 is 0 Å². The van der Waals surface area contributed by atoms with E-state index in [4.69, 9.17) is 9.73 Å². The summed E-state index contributed by atoms with van der Waals surface area (Å²) in [5, 5.41) is 9.63. The van der Waals surface area contributed by atoms with Crippen LogP contribution in [0.5, 0.6) is 0 Å². The van der Waals surface area contributed by atoms with Gasteiger partial charge in [0.15, 0.2) is 5.96 Å². The van der Waals surface area contributed by atoms with Crippen LogP contribution >= 0.6 is 24.0 Å². The Kier molecular flexibility index (Phi) is 11.5. The maximum Gasteiger partial charge on any atom is 0.223 e. The molecule has 0 saturated heterocycles. The molecular weight excluding hydrogens is 443 g/mol. The van der Waals surface area contributed by atoms with Crippen LogP contribution in [0.3, 0.4) is 0 Å². The van der Waals surface area contributed by atoms with Gasteiger partial charge in [0.1, 0.15) is 0 Å². The van der Waals surface area contributed by atoms with Crippen molar-refractivity contribution >= 4 is 35.8 Å². The highest BCUT2D eigenvalue weighted by molar-refractivity contribution is 14.0. The zero-order valence-corrected chi connectivity index (χ0v) is 18.8. The van der Waals surface area contributed by atoms with Gasteiger partial charge in [-0.3, -0.25) is 9.79 Å². The van der Waals surface area contributed by atoms with E-state index in [0.29, 0.717) is 18.5 Å². The van der Waals surface area contributed by atoms with Gasteiger partial charge in [-0.05, 0) is 51.4 Å². The van der Waals surface area contributed by atoms with Gasteiger partial charge in [0, 0.05) is 45.3 Å². The lowest BCUT2D eigenvalue weighted by Gasteiger charge is -2.27. The van der Waals surface area contributed by atoms with Gasteiger partial charge in [0.25, 0.3) is 0 Å². The minimum absolute atomic E-state index is 0. The lowest BCUT2D eigenvalue weighted by Crippen LogP contribution is -2.42. The van der Waals surface area contributed by atoms with Crippen LogP contribution in [0.1, 0.15) is 58.8 Å². The second kappa shape index (κ2) is 12.8. The Morgan fingerprint density at radius 2 is 1.81 bits per heavy atom. The maximum absolute atomic E-state index is 11.6. The summed E-state index contributed by atoms with van der Waals surface area (Å²) >= 11 is 0. The van der Waals surface area contributed by atoms with Crippen molar-refractivity contribution in [1.82, 2.24) is 16.0 Å². The predicted octanol–water partition coefficient (Wildman–Crippen LogP) is 2.67. The third-order valence-corrected chi connectivity index (χ3v) is 5.23. The number of hydrogen-bond donors (Lipinski definition) is 3. The van der Waals surface area contributed by atoms with E-state index in [1.807, 2.05) is 0 Å². The molecule has 0 unspecified atom stereocenters. The number of ether oxygens (including phenoxy) is 1. The number of amides is 1. The fourth-order valence-electron chi connectivity index (χ4n) is 3.49. The molecule has 0 aliphatic heterocycles. The number of aliphatic imine (C=N–C) groups is 1. The molecule has 0 bridgehead atoms. The van der Waals surface area contributed by atoms with Crippen molar-refractivity contribution in [1.29, 1.82) is 0 Å². The Bertz CT molecular complexity index is 435. The van der Waals surface area contributed by atoms with Crippen LogP contribution in [-0.4, -0.2) is 51.3 Å². The van der Waals surface area contributed by atoms with Crippen LogP contribution < -0.4 is 16.0 Å². The summed E-state index contributed by atoms with van der Waals surface area (Å²) in [6.45, 7) is 8.79. The van der Waals surface area contributed by atoms with E-state index in [2.05, 4.69) is 29.8 Å². The molecule has 0 aromatic heterocycles. The van der Waals surface area contributed by atoms with Gasteiger partial charge < -0.3 is 20.7 Å². The minimum atomic E-state index is 0. The van der Waals surface area contributed by atoms with Crippen molar-refractivity contribution in [3.8, 4) is 0 Å². The number of hydrogen-bond acceptors (Lipinski definition) is 3. The van der Waals surface area contributed by atoms with Gasteiger partial charge in [-0.1, -0.05) is 12.8 Å². The Balaban J connectivity index is 0.00000338. The molecule has 2 saturated carbocycles. The van der Waals surface area contributed by atoms with Crippen molar-refractivity contribution in [3.05, 3.63) is 0 Å². The summed E-state index contributed by atoms with van der Waals surface area (Å²) in [7, 11) is 0. The molecule has 2 aliphatic carbocycles. The molecule has 3 N–H and O–H groups in total. The van der Waals surface area contributed by atoms with Crippen molar-refractivity contribution in [3.63, 3.8) is 0 Å². The van der Waals surface area contributed by atoms with Crippen LogP contribution in [0.4, 0.5) is 0 Å². The van der Waals surface area contributed by atoms with E-state index in [9.17, 15) is 4.79 Å². The molecule has 0 atom stereocenters. The lowest BCUT2D eigenvalue weighted by molar-refractivity contribution is -0.122. The second-order valence-electron chi connectivity index (χ2n) is 7.34. The fourth-order valence-corrected chi connectivity index (χ4v) is 3.49. The Labute approximate surface area is 175 Å². The molecular formula is C19H37IN4O2. The van der Waals surface area contributed by atoms with Crippen molar-refractivity contribution < 1.29 is 9.53 Å².